The molecule has 25 heavy (non-hydrogen) atoms. The van der Waals surface area contributed by atoms with E-state index in [0.717, 1.165) is 5.56 Å². The summed E-state index contributed by atoms with van der Waals surface area (Å²) < 4.78 is 5.51. The molecule has 0 aliphatic carbocycles. The first-order chi connectivity index (χ1) is 12.0. The molecule has 0 spiro atoms. The third kappa shape index (κ3) is 5.63. The van der Waals surface area contributed by atoms with Crippen LogP contribution in [0.15, 0.2) is 24.3 Å². The lowest BCUT2D eigenvalue weighted by Gasteiger charge is -2.32. The van der Waals surface area contributed by atoms with Gasteiger partial charge in [0.2, 0.25) is 0 Å². The molecule has 0 saturated carbocycles. The highest BCUT2D eigenvalue weighted by molar-refractivity contribution is 5.81. The molecule has 1 atom stereocenters. The summed E-state index contributed by atoms with van der Waals surface area (Å²) in [6.45, 7) is 5.48. The molecule has 138 valence electrons. The zero-order valence-electron chi connectivity index (χ0n) is 14.8. The summed E-state index contributed by atoms with van der Waals surface area (Å²) in [7, 11) is 0. The first kappa shape index (κ1) is 19.1. The summed E-state index contributed by atoms with van der Waals surface area (Å²) in [5.41, 5.74) is 0.952. The molecule has 7 heteroatoms. The van der Waals surface area contributed by atoms with E-state index in [-0.39, 0.29) is 18.7 Å². The molecule has 1 unspecified atom stereocenters. The maximum atomic E-state index is 12.1. The van der Waals surface area contributed by atoms with Crippen molar-refractivity contribution >= 4 is 11.9 Å². The quantitative estimate of drug-likeness (QED) is 0.716. The summed E-state index contributed by atoms with van der Waals surface area (Å²) >= 11 is 0. The van der Waals surface area contributed by atoms with Crippen molar-refractivity contribution < 1.29 is 19.4 Å². The van der Waals surface area contributed by atoms with E-state index in [4.69, 9.17) is 4.74 Å². The Morgan fingerprint density at radius 2 is 2.00 bits per heavy atom. The molecule has 0 radical (unpaired) electrons. The Balaban J connectivity index is 1.73. The Labute approximate surface area is 148 Å². The highest BCUT2D eigenvalue weighted by atomic mass is 16.5. The Hall–Kier alpha value is -2.28. The molecular formula is C18H27N3O4. The standard InChI is InChI=1S/C18H27N3O4/c1-3-19-18(24)21-10-8-14(9-11-21)20-17(23)15(22)12-25-16-7-5-4-6-13(16)2/h4-7,14-15,22H,3,8-12H2,1-2H3,(H,19,24)(H,20,23). The van der Waals surface area contributed by atoms with Gasteiger partial charge in [0.1, 0.15) is 12.4 Å². The molecule has 2 rings (SSSR count). The van der Waals surface area contributed by atoms with Gasteiger partial charge in [-0.25, -0.2) is 4.79 Å². The Bertz CT molecular complexity index is 585. The summed E-state index contributed by atoms with van der Waals surface area (Å²) in [6.07, 6.45) is 0.128. The summed E-state index contributed by atoms with van der Waals surface area (Å²) in [5.74, 6) is 0.217. The summed E-state index contributed by atoms with van der Waals surface area (Å²) in [6, 6.07) is 7.35. The number of piperidine rings is 1. The van der Waals surface area contributed by atoms with Crippen molar-refractivity contribution in [2.45, 2.75) is 38.8 Å². The fraction of sp³-hybridized carbons (Fsp3) is 0.556. The van der Waals surface area contributed by atoms with Crippen LogP contribution in [-0.4, -0.2) is 60.3 Å². The van der Waals surface area contributed by atoms with Crippen LogP contribution in [0.25, 0.3) is 0 Å². The van der Waals surface area contributed by atoms with Crippen LogP contribution in [0, 0.1) is 6.92 Å². The molecular weight excluding hydrogens is 322 g/mol. The van der Waals surface area contributed by atoms with Gasteiger partial charge in [0.25, 0.3) is 5.91 Å². The minimum Gasteiger partial charge on any atom is -0.490 e. The first-order valence-corrected chi connectivity index (χ1v) is 8.71. The van der Waals surface area contributed by atoms with E-state index in [1.165, 1.54) is 0 Å². The number of nitrogens with zero attached hydrogens (tertiary/aromatic N) is 1. The lowest BCUT2D eigenvalue weighted by atomic mass is 10.1. The van der Waals surface area contributed by atoms with Gasteiger partial charge in [-0.2, -0.15) is 0 Å². The molecule has 1 heterocycles. The van der Waals surface area contributed by atoms with Crippen molar-refractivity contribution in [3.8, 4) is 5.75 Å². The fourth-order valence-corrected chi connectivity index (χ4v) is 2.75. The molecule has 1 aromatic carbocycles. The van der Waals surface area contributed by atoms with Crippen molar-refractivity contribution in [1.29, 1.82) is 0 Å². The number of carbonyl (C=O) groups excluding carboxylic acids is 2. The Morgan fingerprint density at radius 1 is 1.32 bits per heavy atom. The molecule has 1 aliphatic rings. The first-order valence-electron chi connectivity index (χ1n) is 8.71. The van der Waals surface area contributed by atoms with Crippen molar-refractivity contribution in [3.05, 3.63) is 29.8 Å². The van der Waals surface area contributed by atoms with Crippen LogP contribution in [0.2, 0.25) is 0 Å². The van der Waals surface area contributed by atoms with Gasteiger partial charge in [-0.05, 0) is 38.3 Å². The van der Waals surface area contributed by atoms with Gasteiger partial charge >= 0.3 is 6.03 Å². The number of aliphatic hydroxyl groups is 1. The van der Waals surface area contributed by atoms with Gasteiger partial charge in [0.15, 0.2) is 6.10 Å². The molecule has 1 aromatic rings. The Morgan fingerprint density at radius 3 is 2.64 bits per heavy atom. The molecule has 3 amide bonds. The number of para-hydroxylation sites is 1. The lowest BCUT2D eigenvalue weighted by molar-refractivity contribution is -0.131. The number of hydrogen-bond acceptors (Lipinski definition) is 4. The minimum atomic E-state index is -1.22. The largest absolute Gasteiger partial charge is 0.490 e. The van der Waals surface area contributed by atoms with Gasteiger partial charge in [0.05, 0.1) is 0 Å². The monoisotopic (exact) mass is 349 g/mol. The second-order valence-corrected chi connectivity index (χ2v) is 6.20. The van der Waals surface area contributed by atoms with Gasteiger partial charge in [-0.1, -0.05) is 18.2 Å². The van der Waals surface area contributed by atoms with E-state index in [0.29, 0.717) is 38.2 Å². The average Bonchev–Trinajstić information content (AvgIpc) is 2.61. The van der Waals surface area contributed by atoms with E-state index >= 15 is 0 Å². The molecule has 1 fully saturated rings. The van der Waals surface area contributed by atoms with Crippen LogP contribution in [0.4, 0.5) is 4.79 Å². The van der Waals surface area contributed by atoms with Crippen LogP contribution < -0.4 is 15.4 Å². The number of benzene rings is 1. The van der Waals surface area contributed by atoms with Crippen LogP contribution in [0.3, 0.4) is 0 Å². The van der Waals surface area contributed by atoms with Crippen molar-refractivity contribution in [2.24, 2.45) is 0 Å². The second kappa shape index (κ2) is 9.27. The Kier molecular flexibility index (Phi) is 7.06. The molecule has 3 N–H and O–H groups in total. The van der Waals surface area contributed by atoms with Gasteiger partial charge < -0.3 is 25.4 Å². The maximum Gasteiger partial charge on any atom is 0.317 e. The predicted octanol–water partition coefficient (Wildman–Crippen LogP) is 1.04. The van der Waals surface area contributed by atoms with Crippen molar-refractivity contribution in [2.75, 3.05) is 26.2 Å². The number of carbonyl (C=O) groups is 2. The van der Waals surface area contributed by atoms with Crippen LogP contribution >= 0.6 is 0 Å². The number of likely N-dealkylation sites (tertiary alicyclic amines) is 1. The number of rotatable bonds is 6. The van der Waals surface area contributed by atoms with E-state index < -0.39 is 12.0 Å². The predicted molar refractivity (Wildman–Crippen MR) is 94.5 cm³/mol. The normalized spacial score (nSPS) is 16.2. The summed E-state index contributed by atoms with van der Waals surface area (Å²) in [4.78, 5) is 25.6. The maximum absolute atomic E-state index is 12.1. The third-order valence-electron chi connectivity index (χ3n) is 4.25. The number of nitrogens with one attached hydrogen (secondary N) is 2. The minimum absolute atomic E-state index is 0.0358. The third-order valence-corrected chi connectivity index (χ3v) is 4.25. The van der Waals surface area contributed by atoms with Crippen molar-refractivity contribution in [1.82, 2.24) is 15.5 Å². The number of amides is 3. The van der Waals surface area contributed by atoms with Gasteiger partial charge in [-0.3, -0.25) is 4.79 Å². The highest BCUT2D eigenvalue weighted by Gasteiger charge is 2.25. The number of aryl methyl sites for hydroxylation is 1. The molecule has 1 aliphatic heterocycles. The summed E-state index contributed by atoms with van der Waals surface area (Å²) in [5, 5.41) is 15.6. The second-order valence-electron chi connectivity index (χ2n) is 6.20. The topological polar surface area (TPSA) is 90.9 Å². The average molecular weight is 349 g/mol. The van der Waals surface area contributed by atoms with E-state index in [2.05, 4.69) is 10.6 Å². The van der Waals surface area contributed by atoms with E-state index in [1.54, 1.807) is 11.0 Å². The fourth-order valence-electron chi connectivity index (χ4n) is 2.75. The zero-order chi connectivity index (χ0) is 18.2. The van der Waals surface area contributed by atoms with Gasteiger partial charge in [-0.15, -0.1) is 0 Å². The SMILES string of the molecule is CCNC(=O)N1CCC(NC(=O)C(O)COc2ccccc2C)CC1. The number of aliphatic hydroxyl groups excluding tert-OH is 1. The number of ether oxygens (including phenoxy) is 1. The van der Waals surface area contributed by atoms with E-state index in [1.807, 2.05) is 32.0 Å². The lowest BCUT2D eigenvalue weighted by Crippen LogP contribution is -2.51. The molecule has 1 saturated heterocycles. The van der Waals surface area contributed by atoms with Crippen LogP contribution in [0.5, 0.6) is 5.75 Å². The molecule has 0 bridgehead atoms. The number of urea groups is 1. The van der Waals surface area contributed by atoms with E-state index in [9.17, 15) is 14.7 Å². The van der Waals surface area contributed by atoms with Gasteiger partial charge in [0, 0.05) is 25.7 Å². The number of hydrogen-bond donors (Lipinski definition) is 3. The zero-order valence-corrected chi connectivity index (χ0v) is 14.8. The smallest absolute Gasteiger partial charge is 0.317 e. The van der Waals surface area contributed by atoms with Crippen LogP contribution in [0.1, 0.15) is 25.3 Å². The van der Waals surface area contributed by atoms with Crippen molar-refractivity contribution in [3.63, 3.8) is 0 Å². The highest BCUT2D eigenvalue weighted by Crippen LogP contribution is 2.16. The van der Waals surface area contributed by atoms with Crippen LogP contribution in [-0.2, 0) is 4.79 Å². The molecule has 7 nitrogen and oxygen atoms in total. The molecule has 0 aromatic heterocycles.